The Balaban J connectivity index is 1.93. The van der Waals surface area contributed by atoms with E-state index in [9.17, 15) is 9.90 Å². The highest BCUT2D eigenvalue weighted by Gasteiger charge is 2.15. The summed E-state index contributed by atoms with van der Waals surface area (Å²) in [7, 11) is 1.58. The van der Waals surface area contributed by atoms with E-state index in [-0.39, 0.29) is 11.7 Å². The molecule has 2 rings (SSSR count). The van der Waals surface area contributed by atoms with Crippen LogP contribution in [-0.4, -0.2) is 18.1 Å². The highest BCUT2D eigenvalue weighted by molar-refractivity contribution is 5.82. The molecule has 21 heavy (non-hydrogen) atoms. The van der Waals surface area contributed by atoms with E-state index in [1.54, 1.807) is 55.6 Å². The Morgan fingerprint density at radius 1 is 1.19 bits per heavy atom. The van der Waals surface area contributed by atoms with Crippen LogP contribution < -0.4 is 15.8 Å². The number of rotatable bonds is 5. The molecule has 110 valence electrons. The average molecular weight is 286 g/mol. The average Bonchev–Trinajstić information content (AvgIpc) is 2.53. The van der Waals surface area contributed by atoms with Crippen LogP contribution in [-0.2, 0) is 11.3 Å². The summed E-state index contributed by atoms with van der Waals surface area (Å²) in [4.78, 5) is 12.0. The molecular formula is C16H18N2O3. The van der Waals surface area contributed by atoms with Crippen molar-refractivity contribution in [1.29, 1.82) is 0 Å². The van der Waals surface area contributed by atoms with Crippen LogP contribution in [0.5, 0.6) is 11.5 Å². The lowest BCUT2D eigenvalue weighted by Crippen LogP contribution is -2.33. The summed E-state index contributed by atoms with van der Waals surface area (Å²) in [6.07, 6.45) is 0. The largest absolute Gasteiger partial charge is 0.508 e. The number of hydrogen-bond acceptors (Lipinski definition) is 4. The number of carbonyl (C=O) groups is 1. The fourth-order valence-corrected chi connectivity index (χ4v) is 1.88. The summed E-state index contributed by atoms with van der Waals surface area (Å²) in [5.41, 5.74) is 7.54. The molecular weight excluding hydrogens is 268 g/mol. The number of nitrogens with two attached hydrogens (primary N) is 1. The second-order valence-corrected chi connectivity index (χ2v) is 4.64. The number of ether oxygens (including phenoxy) is 1. The molecule has 0 saturated carbocycles. The molecule has 0 heterocycles. The third kappa shape index (κ3) is 3.97. The van der Waals surface area contributed by atoms with Crippen LogP contribution in [0.1, 0.15) is 17.2 Å². The summed E-state index contributed by atoms with van der Waals surface area (Å²) in [6, 6.07) is 13.0. The molecule has 0 saturated heterocycles. The maximum Gasteiger partial charge on any atom is 0.241 e. The van der Waals surface area contributed by atoms with Crippen molar-refractivity contribution < 1.29 is 14.6 Å². The van der Waals surface area contributed by atoms with Gasteiger partial charge < -0.3 is 20.9 Å². The lowest BCUT2D eigenvalue weighted by atomic mass is 10.1. The lowest BCUT2D eigenvalue weighted by molar-refractivity contribution is -0.122. The molecule has 0 aliphatic rings. The van der Waals surface area contributed by atoms with Gasteiger partial charge in [0, 0.05) is 6.54 Å². The van der Waals surface area contributed by atoms with Crippen LogP contribution in [0.25, 0.3) is 0 Å². The van der Waals surface area contributed by atoms with Gasteiger partial charge in [-0.3, -0.25) is 4.79 Å². The van der Waals surface area contributed by atoms with Gasteiger partial charge >= 0.3 is 0 Å². The molecule has 0 aromatic heterocycles. The predicted molar refractivity (Wildman–Crippen MR) is 79.9 cm³/mol. The van der Waals surface area contributed by atoms with Gasteiger partial charge in [-0.05, 0) is 35.4 Å². The van der Waals surface area contributed by atoms with Crippen molar-refractivity contribution in [1.82, 2.24) is 5.32 Å². The van der Waals surface area contributed by atoms with Crippen molar-refractivity contribution in [3.63, 3.8) is 0 Å². The van der Waals surface area contributed by atoms with E-state index in [2.05, 4.69) is 5.32 Å². The Morgan fingerprint density at radius 3 is 2.38 bits per heavy atom. The summed E-state index contributed by atoms with van der Waals surface area (Å²) in [6.45, 7) is 0.364. The van der Waals surface area contributed by atoms with Crippen LogP contribution in [0.4, 0.5) is 0 Å². The molecule has 0 aliphatic heterocycles. The molecule has 0 spiro atoms. The van der Waals surface area contributed by atoms with Crippen LogP contribution in [0.3, 0.4) is 0 Å². The minimum Gasteiger partial charge on any atom is -0.508 e. The zero-order valence-corrected chi connectivity index (χ0v) is 11.7. The topological polar surface area (TPSA) is 84.6 Å². The summed E-state index contributed by atoms with van der Waals surface area (Å²) < 4.78 is 5.06. The molecule has 5 heteroatoms. The minimum atomic E-state index is -0.729. The van der Waals surface area contributed by atoms with E-state index in [4.69, 9.17) is 10.5 Å². The summed E-state index contributed by atoms with van der Waals surface area (Å²) in [5.74, 6) is 0.656. The van der Waals surface area contributed by atoms with Gasteiger partial charge in [0.25, 0.3) is 0 Å². The maximum absolute atomic E-state index is 12.0. The number of methoxy groups -OCH3 is 1. The molecule has 0 radical (unpaired) electrons. The van der Waals surface area contributed by atoms with Crippen LogP contribution in [0.2, 0.25) is 0 Å². The van der Waals surface area contributed by atoms with E-state index in [1.165, 1.54) is 0 Å². The molecule has 1 atom stereocenters. The predicted octanol–water partition coefficient (Wildman–Crippen LogP) is 1.72. The number of benzene rings is 2. The van der Waals surface area contributed by atoms with Crippen LogP contribution in [0, 0.1) is 0 Å². The molecule has 2 aromatic carbocycles. The Labute approximate surface area is 123 Å². The first-order valence-electron chi connectivity index (χ1n) is 6.55. The lowest BCUT2D eigenvalue weighted by Gasteiger charge is -2.13. The van der Waals surface area contributed by atoms with E-state index >= 15 is 0 Å². The van der Waals surface area contributed by atoms with Crippen molar-refractivity contribution in [3.8, 4) is 11.5 Å². The zero-order chi connectivity index (χ0) is 15.2. The van der Waals surface area contributed by atoms with Gasteiger partial charge in [-0.15, -0.1) is 0 Å². The molecule has 4 N–H and O–H groups in total. The van der Waals surface area contributed by atoms with Gasteiger partial charge in [0.05, 0.1) is 7.11 Å². The third-order valence-corrected chi connectivity index (χ3v) is 3.16. The highest BCUT2D eigenvalue weighted by Crippen LogP contribution is 2.16. The number of carbonyl (C=O) groups excluding carboxylic acids is 1. The zero-order valence-electron chi connectivity index (χ0n) is 11.7. The van der Waals surface area contributed by atoms with Crippen molar-refractivity contribution in [2.45, 2.75) is 12.6 Å². The number of aromatic hydroxyl groups is 1. The minimum absolute atomic E-state index is 0.194. The molecule has 0 unspecified atom stereocenters. The highest BCUT2D eigenvalue weighted by atomic mass is 16.5. The number of nitrogens with one attached hydrogen (secondary N) is 1. The molecule has 0 fully saturated rings. The van der Waals surface area contributed by atoms with Crippen LogP contribution in [0.15, 0.2) is 48.5 Å². The Kier molecular flexibility index (Phi) is 4.79. The van der Waals surface area contributed by atoms with E-state index in [1.807, 2.05) is 0 Å². The Morgan fingerprint density at radius 2 is 1.81 bits per heavy atom. The normalized spacial score (nSPS) is 11.7. The van der Waals surface area contributed by atoms with Crippen molar-refractivity contribution in [2.75, 3.05) is 7.11 Å². The Bertz CT molecular complexity index is 594. The summed E-state index contributed by atoms with van der Waals surface area (Å²) in [5, 5.41) is 12.0. The first-order valence-corrected chi connectivity index (χ1v) is 6.55. The monoisotopic (exact) mass is 286 g/mol. The molecule has 0 bridgehead atoms. The fourth-order valence-electron chi connectivity index (χ4n) is 1.88. The molecule has 5 nitrogen and oxygen atoms in total. The van der Waals surface area contributed by atoms with Gasteiger partial charge in [0.2, 0.25) is 5.91 Å². The first-order chi connectivity index (χ1) is 10.1. The number of hydrogen-bond donors (Lipinski definition) is 3. The summed E-state index contributed by atoms with van der Waals surface area (Å²) >= 11 is 0. The second kappa shape index (κ2) is 6.76. The Hall–Kier alpha value is -2.53. The second-order valence-electron chi connectivity index (χ2n) is 4.64. The van der Waals surface area contributed by atoms with E-state index in [0.717, 1.165) is 16.9 Å². The number of phenolic OH excluding ortho intramolecular Hbond substituents is 1. The number of phenols is 1. The van der Waals surface area contributed by atoms with Gasteiger partial charge in [0.15, 0.2) is 0 Å². The fraction of sp³-hybridized carbons (Fsp3) is 0.188. The third-order valence-electron chi connectivity index (χ3n) is 3.16. The quantitative estimate of drug-likeness (QED) is 0.781. The smallest absolute Gasteiger partial charge is 0.241 e. The molecule has 0 aliphatic carbocycles. The van der Waals surface area contributed by atoms with Crippen molar-refractivity contribution >= 4 is 5.91 Å². The standard InChI is InChI=1S/C16H18N2O3/c1-21-14-8-4-12(5-9-14)15(17)16(20)18-10-11-2-6-13(19)7-3-11/h2-9,15,19H,10,17H2,1H3,(H,18,20)/t15-/m0/s1. The van der Waals surface area contributed by atoms with Crippen LogP contribution >= 0.6 is 0 Å². The maximum atomic E-state index is 12.0. The van der Waals surface area contributed by atoms with Crippen molar-refractivity contribution in [2.24, 2.45) is 5.73 Å². The van der Waals surface area contributed by atoms with Gasteiger partial charge in [0.1, 0.15) is 17.5 Å². The first kappa shape index (κ1) is 14.9. The SMILES string of the molecule is COc1ccc([C@H](N)C(=O)NCc2ccc(O)cc2)cc1. The molecule has 2 aromatic rings. The molecule has 1 amide bonds. The van der Waals surface area contributed by atoms with E-state index < -0.39 is 6.04 Å². The van der Waals surface area contributed by atoms with Gasteiger partial charge in [-0.1, -0.05) is 24.3 Å². The van der Waals surface area contributed by atoms with Gasteiger partial charge in [-0.2, -0.15) is 0 Å². The van der Waals surface area contributed by atoms with E-state index in [0.29, 0.717) is 6.54 Å². The van der Waals surface area contributed by atoms with Crippen molar-refractivity contribution in [3.05, 3.63) is 59.7 Å². The van der Waals surface area contributed by atoms with Gasteiger partial charge in [-0.25, -0.2) is 0 Å². The number of amides is 1.